The van der Waals surface area contributed by atoms with Crippen LogP contribution in [0.15, 0.2) is 11.1 Å². The first-order chi connectivity index (χ1) is 17.3. The molecular weight excluding hydrogens is 573 g/mol. The van der Waals surface area contributed by atoms with Crippen LogP contribution >= 0.6 is 21.3 Å². The molecule has 0 amide bonds. The summed E-state index contributed by atoms with van der Waals surface area (Å²) in [6.07, 6.45) is -3.89. The van der Waals surface area contributed by atoms with Crippen molar-refractivity contribution in [1.29, 1.82) is 0 Å². The van der Waals surface area contributed by atoms with E-state index in [1.165, 1.54) is 19.6 Å². The Bertz CT molecular complexity index is 1320. The van der Waals surface area contributed by atoms with Gasteiger partial charge >= 0.3 is 21.3 Å². The van der Waals surface area contributed by atoms with Crippen molar-refractivity contribution in [2.75, 3.05) is 32.0 Å². The minimum absolute atomic E-state index is 0.130. The van der Waals surface area contributed by atoms with Crippen molar-refractivity contribution >= 4 is 38.4 Å². The molecule has 3 rings (SSSR count). The van der Waals surface area contributed by atoms with Crippen molar-refractivity contribution in [2.24, 2.45) is 0 Å². The van der Waals surface area contributed by atoms with E-state index in [-0.39, 0.29) is 17.1 Å². The van der Waals surface area contributed by atoms with E-state index >= 15 is 0 Å². The maximum atomic E-state index is 11.9. The van der Waals surface area contributed by atoms with Crippen LogP contribution in [0.2, 0.25) is 0 Å². The maximum absolute atomic E-state index is 11.9. The van der Waals surface area contributed by atoms with Crippen LogP contribution in [0.3, 0.4) is 0 Å². The topological polar surface area (TPSA) is 284 Å². The Hall–Kier alpha value is -1.52. The second-order valence-electron chi connectivity index (χ2n) is 8.41. The van der Waals surface area contributed by atoms with Crippen LogP contribution in [0, 0.1) is 0 Å². The molecule has 1 aliphatic rings. The number of nitrogen functional groups attached to an aromatic ring is 1. The number of aromatic amines is 1. The number of aliphatic hydroxyl groups is 2. The average Bonchev–Trinajstić information content (AvgIpc) is 3.32. The van der Waals surface area contributed by atoms with Crippen molar-refractivity contribution < 1.29 is 52.7 Å². The summed E-state index contributed by atoms with van der Waals surface area (Å²) in [5.74, 6) is -0.283. The number of nitrogens with one attached hydrogen (secondary N) is 1. The molecule has 18 nitrogen and oxygen atoms in total. The Morgan fingerprint density at radius 2 is 1.74 bits per heavy atom. The zero-order chi connectivity index (χ0) is 29.3. The lowest BCUT2D eigenvalue weighted by atomic mass is 9.96. The van der Waals surface area contributed by atoms with E-state index in [2.05, 4.69) is 45.1 Å². The smallest absolute Gasteiger partial charge is 0.387 e. The summed E-state index contributed by atoms with van der Waals surface area (Å²) in [6.45, 7) is 4.10. The van der Waals surface area contributed by atoms with Crippen molar-refractivity contribution in [3.8, 4) is 0 Å². The minimum atomic E-state index is -6.02. The van der Waals surface area contributed by atoms with E-state index in [9.17, 15) is 38.5 Å². The normalized spacial score (nSPS) is 27.1. The SMILES string of the molecule is CCN(CC)CC.C[C@]1(O)[C@H](O)[C@@H](COP(=O)(O)P(=O)(O)P(=O)(O)O)O[C@H]1n1cnc2c(=O)[nH]c(N)nc21. The first-order valence-electron chi connectivity index (χ1n) is 11.2. The summed E-state index contributed by atoms with van der Waals surface area (Å²) >= 11 is 0. The largest absolute Gasteiger partial charge is 0.422 e. The summed E-state index contributed by atoms with van der Waals surface area (Å²) in [5.41, 5.74) is 2.36. The Kier molecular flexibility index (Phi) is 10.3. The molecule has 0 aliphatic carbocycles. The van der Waals surface area contributed by atoms with Crippen LogP contribution in [0.4, 0.5) is 5.95 Å². The van der Waals surface area contributed by atoms with E-state index in [0.29, 0.717) is 0 Å². The molecule has 3 heterocycles. The molecule has 0 radical (unpaired) electrons. The fraction of sp³-hybridized carbons (Fsp3) is 0.706. The third-order valence-electron chi connectivity index (χ3n) is 5.88. The number of rotatable bonds is 9. The fourth-order valence-electron chi connectivity index (χ4n) is 3.56. The predicted octanol–water partition coefficient (Wildman–Crippen LogP) is -0.461. The van der Waals surface area contributed by atoms with Gasteiger partial charge in [0.1, 0.15) is 17.8 Å². The zero-order valence-corrected chi connectivity index (χ0v) is 23.7. The molecule has 1 saturated heterocycles. The van der Waals surface area contributed by atoms with Crippen LogP contribution in [0.1, 0.15) is 33.9 Å². The number of hydrogen-bond donors (Lipinski definition) is 8. The van der Waals surface area contributed by atoms with E-state index < -0.39 is 57.5 Å². The minimum Gasteiger partial charge on any atom is -0.387 e. The lowest BCUT2D eigenvalue weighted by Gasteiger charge is -2.27. The number of ether oxygens (including phenoxy) is 1. The number of anilines is 1. The lowest BCUT2D eigenvalue weighted by Crippen LogP contribution is -2.44. The maximum Gasteiger partial charge on any atom is 0.422 e. The second-order valence-corrected chi connectivity index (χ2v) is 19.0. The summed E-state index contributed by atoms with van der Waals surface area (Å²) in [6, 6.07) is 0. The summed E-state index contributed by atoms with van der Waals surface area (Å²) in [7, 11) is -11.7. The number of nitrogens with zero attached hydrogens (tertiary/aromatic N) is 4. The highest BCUT2D eigenvalue weighted by Crippen LogP contribution is 2.94. The molecule has 21 heteroatoms. The number of nitrogens with two attached hydrogens (primary N) is 1. The number of aliphatic hydroxyl groups excluding tert-OH is 1. The van der Waals surface area contributed by atoms with Crippen LogP contribution in [-0.4, -0.2) is 98.3 Å². The van der Waals surface area contributed by atoms with E-state index in [4.69, 9.17) is 20.3 Å². The molecule has 0 spiro atoms. The summed E-state index contributed by atoms with van der Waals surface area (Å²) in [4.78, 5) is 60.7. The van der Waals surface area contributed by atoms with E-state index in [1.807, 2.05) is 0 Å². The van der Waals surface area contributed by atoms with Crippen LogP contribution in [0.25, 0.3) is 11.2 Å². The van der Waals surface area contributed by atoms with Gasteiger partial charge in [-0.3, -0.25) is 23.4 Å². The van der Waals surface area contributed by atoms with Gasteiger partial charge in [-0.05, 0) is 26.6 Å². The molecule has 2 aromatic heterocycles. The first kappa shape index (κ1) is 32.7. The molecule has 2 unspecified atom stereocenters. The standard InChI is InChI=1S/C11H18N5O12P3.C6H15N/c1-11(19)6(17)4(2-27-30(23,24)31(25,26)29(20,21)22)28-9(11)16-3-13-5-7(16)14-10(12)15-8(5)18;1-4-7(5-2)6-3/h3-4,6,9,17,19H,2H2,1H3,(H,23,24)(H,25,26)(H2,20,21,22)(H3,12,14,15,18);4-6H2,1-3H3/t4-,6-,9-,11+;/m1./s1. The van der Waals surface area contributed by atoms with Gasteiger partial charge in [0.15, 0.2) is 17.4 Å². The highest BCUT2D eigenvalue weighted by atomic mass is 32.5. The highest BCUT2D eigenvalue weighted by molar-refractivity contribution is 8.60. The van der Waals surface area contributed by atoms with Gasteiger partial charge in [0, 0.05) is 0 Å². The molecule has 38 heavy (non-hydrogen) atoms. The molecule has 0 aromatic carbocycles. The van der Waals surface area contributed by atoms with Gasteiger partial charge in [0.25, 0.3) is 5.56 Å². The summed E-state index contributed by atoms with van der Waals surface area (Å²) < 4.78 is 45.5. The van der Waals surface area contributed by atoms with Crippen molar-refractivity contribution in [3.63, 3.8) is 0 Å². The number of H-pyrrole nitrogens is 1. The molecule has 1 aliphatic heterocycles. The third kappa shape index (κ3) is 6.44. The van der Waals surface area contributed by atoms with Gasteiger partial charge in [0.2, 0.25) is 5.95 Å². The zero-order valence-electron chi connectivity index (χ0n) is 21.0. The molecule has 1 fully saturated rings. The Morgan fingerprint density at radius 3 is 2.21 bits per heavy atom. The van der Waals surface area contributed by atoms with Crippen LogP contribution < -0.4 is 11.3 Å². The molecule has 2 aromatic rings. The molecule has 218 valence electrons. The fourth-order valence-corrected chi connectivity index (χ4v) is 8.99. The van der Waals surface area contributed by atoms with Gasteiger partial charge in [0.05, 0.1) is 12.9 Å². The third-order valence-corrected chi connectivity index (χ3v) is 16.2. The molecule has 0 saturated carbocycles. The predicted molar refractivity (Wildman–Crippen MR) is 134 cm³/mol. The van der Waals surface area contributed by atoms with Gasteiger partial charge in [-0.25, -0.2) is 14.1 Å². The van der Waals surface area contributed by atoms with Crippen molar-refractivity contribution in [2.45, 2.75) is 51.7 Å². The monoisotopic (exact) mass is 606 g/mol. The van der Waals surface area contributed by atoms with Crippen molar-refractivity contribution in [3.05, 3.63) is 16.7 Å². The molecule has 6 atom stereocenters. The molecule has 0 bridgehead atoms. The van der Waals surface area contributed by atoms with Crippen LogP contribution in [0.5, 0.6) is 0 Å². The number of hydrogen-bond acceptors (Lipinski definition) is 12. The second kappa shape index (κ2) is 11.9. The number of aromatic nitrogens is 4. The van der Waals surface area contributed by atoms with Crippen LogP contribution in [-0.2, 0) is 23.0 Å². The average molecular weight is 606 g/mol. The van der Waals surface area contributed by atoms with Gasteiger partial charge < -0.3 is 45.2 Å². The lowest BCUT2D eigenvalue weighted by molar-refractivity contribution is -0.0948. The Morgan fingerprint density at radius 1 is 1.18 bits per heavy atom. The van der Waals surface area contributed by atoms with E-state index in [0.717, 1.165) is 17.8 Å². The van der Waals surface area contributed by atoms with Gasteiger partial charge in [-0.15, -0.1) is 0 Å². The number of imidazole rings is 1. The summed E-state index contributed by atoms with van der Waals surface area (Å²) in [5, 5.41) is 21.1. The molecule has 9 N–H and O–H groups in total. The Labute approximate surface area is 216 Å². The Balaban J connectivity index is 0.000000638. The highest BCUT2D eigenvalue weighted by Gasteiger charge is 2.59. The van der Waals surface area contributed by atoms with Gasteiger partial charge in [-0.2, -0.15) is 4.98 Å². The van der Waals surface area contributed by atoms with Gasteiger partial charge in [-0.1, -0.05) is 20.8 Å². The van der Waals surface area contributed by atoms with Crippen molar-refractivity contribution in [1.82, 2.24) is 24.4 Å². The number of fused-ring (bicyclic) bond motifs is 1. The first-order valence-corrected chi connectivity index (χ1v) is 17.5. The quantitative estimate of drug-likeness (QED) is 0.168. The molecular formula is C17H33N6O12P3. The van der Waals surface area contributed by atoms with E-state index in [1.54, 1.807) is 0 Å².